The third kappa shape index (κ3) is 4.93. The van der Waals surface area contributed by atoms with E-state index < -0.39 is 11.8 Å². The minimum atomic E-state index is -0.545. The molecule has 0 unspecified atom stereocenters. The number of hydrogen-bond donors (Lipinski definition) is 3. The second-order valence-corrected chi connectivity index (χ2v) is 6.53. The van der Waals surface area contributed by atoms with Gasteiger partial charge in [-0.1, -0.05) is 30.3 Å². The molecule has 1 aliphatic rings. The highest BCUT2D eigenvalue weighted by Gasteiger charge is 2.22. The molecule has 0 bridgehead atoms. The summed E-state index contributed by atoms with van der Waals surface area (Å²) in [6.07, 6.45) is 0. The summed E-state index contributed by atoms with van der Waals surface area (Å²) in [7, 11) is 0. The number of urea groups is 1. The van der Waals surface area contributed by atoms with Gasteiger partial charge in [0.05, 0.1) is 0 Å². The standard InChI is InChI=1S/C20H22N4O4/c25-18(16-4-2-1-3-5-16)21-20(27)24-12-10-23(11-13-24)14-15-6-8-17(9-7-15)19(26)22-28/h1-9,28H,10-14H2,(H,22,26)(H,21,25,27). The average Bonchev–Trinajstić information content (AvgIpc) is 2.74. The quantitative estimate of drug-likeness (QED) is 0.549. The van der Waals surface area contributed by atoms with Crippen molar-refractivity contribution in [3.8, 4) is 0 Å². The van der Waals surface area contributed by atoms with Crippen LogP contribution in [0.25, 0.3) is 0 Å². The van der Waals surface area contributed by atoms with Crippen LogP contribution >= 0.6 is 0 Å². The van der Waals surface area contributed by atoms with E-state index in [9.17, 15) is 14.4 Å². The van der Waals surface area contributed by atoms with Gasteiger partial charge in [-0.2, -0.15) is 0 Å². The van der Waals surface area contributed by atoms with E-state index in [1.165, 1.54) is 0 Å². The molecule has 1 saturated heterocycles. The summed E-state index contributed by atoms with van der Waals surface area (Å²) in [4.78, 5) is 39.6. The summed E-state index contributed by atoms with van der Waals surface area (Å²) in [6.45, 7) is 3.12. The van der Waals surface area contributed by atoms with Gasteiger partial charge in [0.2, 0.25) is 0 Å². The fourth-order valence-corrected chi connectivity index (χ4v) is 3.03. The van der Waals surface area contributed by atoms with Gasteiger partial charge in [-0.3, -0.25) is 25.0 Å². The third-order valence-electron chi connectivity index (χ3n) is 4.64. The van der Waals surface area contributed by atoms with Crippen LogP contribution in [0.1, 0.15) is 26.3 Å². The van der Waals surface area contributed by atoms with E-state index >= 15 is 0 Å². The molecule has 3 rings (SSSR count). The highest BCUT2D eigenvalue weighted by atomic mass is 16.5. The van der Waals surface area contributed by atoms with Crippen molar-refractivity contribution in [1.82, 2.24) is 20.6 Å². The van der Waals surface area contributed by atoms with Gasteiger partial charge >= 0.3 is 6.03 Å². The lowest BCUT2D eigenvalue weighted by Crippen LogP contribution is -2.52. The molecule has 0 spiro atoms. The Morgan fingerprint density at radius 2 is 1.43 bits per heavy atom. The van der Waals surface area contributed by atoms with Crippen molar-refractivity contribution in [1.29, 1.82) is 0 Å². The number of carbonyl (C=O) groups is 3. The summed E-state index contributed by atoms with van der Waals surface area (Å²) >= 11 is 0. The monoisotopic (exact) mass is 382 g/mol. The molecule has 2 aromatic rings. The van der Waals surface area contributed by atoms with Gasteiger partial charge in [0.25, 0.3) is 11.8 Å². The van der Waals surface area contributed by atoms with Crippen molar-refractivity contribution < 1.29 is 19.6 Å². The molecule has 28 heavy (non-hydrogen) atoms. The molecule has 0 aliphatic carbocycles. The summed E-state index contributed by atoms with van der Waals surface area (Å²) in [5, 5.41) is 11.1. The Balaban J connectivity index is 1.47. The van der Waals surface area contributed by atoms with Crippen LogP contribution in [0.3, 0.4) is 0 Å². The smallest absolute Gasteiger partial charge is 0.322 e. The molecule has 0 aromatic heterocycles. The Morgan fingerprint density at radius 1 is 0.821 bits per heavy atom. The van der Waals surface area contributed by atoms with E-state index in [1.54, 1.807) is 46.8 Å². The molecule has 8 nitrogen and oxygen atoms in total. The molecule has 0 radical (unpaired) electrons. The Bertz CT molecular complexity index is 831. The highest BCUT2D eigenvalue weighted by molar-refractivity contribution is 6.04. The maximum Gasteiger partial charge on any atom is 0.324 e. The molecular weight excluding hydrogens is 360 g/mol. The number of rotatable bonds is 4. The number of imide groups is 1. The Labute approximate surface area is 162 Å². The molecule has 146 valence electrons. The zero-order valence-electron chi connectivity index (χ0n) is 15.3. The summed E-state index contributed by atoms with van der Waals surface area (Å²) in [5.74, 6) is -0.948. The minimum Gasteiger partial charge on any atom is -0.322 e. The van der Waals surface area contributed by atoms with Crippen LogP contribution in [0.2, 0.25) is 0 Å². The lowest BCUT2D eigenvalue weighted by Gasteiger charge is -2.34. The van der Waals surface area contributed by atoms with Crippen LogP contribution in [0.5, 0.6) is 0 Å². The lowest BCUT2D eigenvalue weighted by atomic mass is 10.1. The number of hydrogen-bond acceptors (Lipinski definition) is 5. The first-order valence-electron chi connectivity index (χ1n) is 8.98. The average molecular weight is 382 g/mol. The summed E-state index contributed by atoms with van der Waals surface area (Å²) in [5.41, 5.74) is 3.48. The fourth-order valence-electron chi connectivity index (χ4n) is 3.03. The minimum absolute atomic E-state index is 0.382. The second kappa shape index (κ2) is 9.12. The SMILES string of the molecule is O=C(NO)c1ccc(CN2CCN(C(=O)NC(=O)c3ccccc3)CC2)cc1. The number of carbonyl (C=O) groups excluding carboxylic acids is 3. The predicted octanol–water partition coefficient (Wildman–Crippen LogP) is 1.47. The molecule has 3 N–H and O–H groups in total. The van der Waals surface area contributed by atoms with Crippen LogP contribution in [-0.2, 0) is 6.54 Å². The van der Waals surface area contributed by atoms with Gasteiger partial charge in [-0.15, -0.1) is 0 Å². The molecule has 0 atom stereocenters. The number of hydroxylamine groups is 1. The van der Waals surface area contributed by atoms with Crippen LogP contribution in [0.4, 0.5) is 4.79 Å². The predicted molar refractivity (Wildman–Crippen MR) is 102 cm³/mol. The topological polar surface area (TPSA) is 102 Å². The van der Waals surface area contributed by atoms with Crippen LogP contribution in [0, 0.1) is 0 Å². The molecule has 1 fully saturated rings. The third-order valence-corrected chi connectivity index (χ3v) is 4.64. The van der Waals surface area contributed by atoms with Crippen LogP contribution < -0.4 is 10.8 Å². The van der Waals surface area contributed by atoms with Crippen LogP contribution in [-0.4, -0.2) is 59.0 Å². The van der Waals surface area contributed by atoms with E-state index in [0.29, 0.717) is 43.9 Å². The maximum absolute atomic E-state index is 12.3. The Hall–Kier alpha value is -3.23. The zero-order valence-corrected chi connectivity index (χ0v) is 15.3. The first-order valence-corrected chi connectivity index (χ1v) is 8.98. The van der Waals surface area contributed by atoms with Crippen LogP contribution in [0.15, 0.2) is 54.6 Å². The molecule has 8 heteroatoms. The number of benzene rings is 2. The second-order valence-electron chi connectivity index (χ2n) is 6.53. The number of piperazine rings is 1. The molecule has 4 amide bonds. The van der Waals surface area contributed by atoms with Gasteiger partial charge < -0.3 is 4.90 Å². The summed E-state index contributed by atoms with van der Waals surface area (Å²) in [6, 6.07) is 15.2. The van der Waals surface area contributed by atoms with Crippen molar-refractivity contribution >= 4 is 17.8 Å². The first kappa shape index (κ1) is 19.5. The Kier molecular flexibility index (Phi) is 6.36. The van der Waals surface area contributed by atoms with E-state index in [0.717, 1.165) is 5.56 Å². The van der Waals surface area contributed by atoms with Crippen molar-refractivity contribution in [2.24, 2.45) is 0 Å². The molecule has 1 aliphatic heterocycles. The molecule has 2 aromatic carbocycles. The number of amides is 4. The lowest BCUT2D eigenvalue weighted by molar-refractivity contribution is 0.0706. The first-order chi connectivity index (χ1) is 13.6. The van der Waals surface area contributed by atoms with Crippen molar-refractivity contribution in [2.45, 2.75) is 6.54 Å². The largest absolute Gasteiger partial charge is 0.324 e. The van der Waals surface area contributed by atoms with E-state index in [4.69, 9.17) is 5.21 Å². The maximum atomic E-state index is 12.3. The molecule has 1 heterocycles. The Morgan fingerprint density at radius 3 is 2.04 bits per heavy atom. The zero-order chi connectivity index (χ0) is 19.9. The van der Waals surface area contributed by atoms with Gasteiger partial charge in [0, 0.05) is 43.9 Å². The highest BCUT2D eigenvalue weighted by Crippen LogP contribution is 2.11. The van der Waals surface area contributed by atoms with E-state index in [-0.39, 0.29) is 6.03 Å². The normalized spacial score (nSPS) is 14.4. The van der Waals surface area contributed by atoms with Crippen molar-refractivity contribution in [2.75, 3.05) is 26.2 Å². The number of nitrogens with zero attached hydrogens (tertiary/aromatic N) is 2. The molecular formula is C20H22N4O4. The van der Waals surface area contributed by atoms with E-state index in [2.05, 4.69) is 10.2 Å². The van der Waals surface area contributed by atoms with Crippen molar-refractivity contribution in [3.63, 3.8) is 0 Å². The van der Waals surface area contributed by atoms with Gasteiger partial charge in [0.15, 0.2) is 0 Å². The van der Waals surface area contributed by atoms with Gasteiger partial charge in [-0.25, -0.2) is 10.3 Å². The van der Waals surface area contributed by atoms with E-state index in [1.807, 2.05) is 18.2 Å². The van der Waals surface area contributed by atoms with Crippen molar-refractivity contribution in [3.05, 3.63) is 71.3 Å². The van der Waals surface area contributed by atoms with Gasteiger partial charge in [-0.05, 0) is 29.8 Å². The fraction of sp³-hybridized carbons (Fsp3) is 0.250. The number of nitrogens with one attached hydrogen (secondary N) is 2. The van der Waals surface area contributed by atoms with Gasteiger partial charge in [0.1, 0.15) is 0 Å². The summed E-state index contributed by atoms with van der Waals surface area (Å²) < 4.78 is 0. The molecule has 0 saturated carbocycles.